The fourth-order valence-corrected chi connectivity index (χ4v) is 3.07. The van der Waals surface area contributed by atoms with Gasteiger partial charge < -0.3 is 5.73 Å². The van der Waals surface area contributed by atoms with Crippen LogP contribution in [0.15, 0.2) is 22.7 Å². The van der Waals surface area contributed by atoms with Gasteiger partial charge in [0.2, 0.25) is 0 Å². The van der Waals surface area contributed by atoms with Crippen LogP contribution in [0.3, 0.4) is 0 Å². The third-order valence-corrected chi connectivity index (χ3v) is 4.00. The number of hydrogen-bond acceptors (Lipinski definition) is 1. The van der Waals surface area contributed by atoms with E-state index in [-0.39, 0.29) is 6.04 Å². The second-order valence-electron chi connectivity index (χ2n) is 4.84. The van der Waals surface area contributed by atoms with Crippen molar-refractivity contribution in [3.05, 3.63) is 33.8 Å². The van der Waals surface area contributed by atoms with Gasteiger partial charge in [-0.1, -0.05) is 28.8 Å². The molecule has 0 amide bonds. The summed E-state index contributed by atoms with van der Waals surface area (Å²) in [5, 5.41) is 0. The van der Waals surface area contributed by atoms with E-state index in [0.717, 1.165) is 31.7 Å². The predicted molar refractivity (Wildman–Crippen MR) is 68.0 cm³/mol. The molecular formula is C13H15BrF3N. The van der Waals surface area contributed by atoms with Crippen molar-refractivity contribution in [3.8, 4) is 0 Å². The number of hydrogen-bond donors (Lipinski definition) is 1. The highest BCUT2D eigenvalue weighted by Crippen LogP contribution is 2.38. The van der Waals surface area contributed by atoms with Crippen LogP contribution in [0.25, 0.3) is 0 Å². The van der Waals surface area contributed by atoms with Gasteiger partial charge in [0.1, 0.15) is 0 Å². The Morgan fingerprint density at radius 1 is 1.17 bits per heavy atom. The van der Waals surface area contributed by atoms with Crippen LogP contribution in [-0.2, 0) is 6.18 Å². The molecule has 0 unspecified atom stereocenters. The van der Waals surface area contributed by atoms with E-state index in [0.29, 0.717) is 16.0 Å². The van der Waals surface area contributed by atoms with Gasteiger partial charge in [-0.15, -0.1) is 0 Å². The summed E-state index contributed by atoms with van der Waals surface area (Å²) >= 11 is 3.13. The summed E-state index contributed by atoms with van der Waals surface area (Å²) in [6, 6.07) is 3.66. The van der Waals surface area contributed by atoms with Crippen molar-refractivity contribution in [2.24, 2.45) is 11.7 Å². The Kier molecular flexibility index (Phi) is 4.02. The van der Waals surface area contributed by atoms with Gasteiger partial charge in [0.15, 0.2) is 0 Å². The summed E-state index contributed by atoms with van der Waals surface area (Å²) in [5.74, 6) is 0.306. The average Bonchev–Trinajstić information content (AvgIpc) is 2.79. The second kappa shape index (κ2) is 5.21. The molecule has 5 heteroatoms. The maximum atomic E-state index is 12.7. The van der Waals surface area contributed by atoms with Crippen molar-refractivity contribution in [2.45, 2.75) is 37.9 Å². The molecule has 1 atom stereocenters. The third kappa shape index (κ3) is 3.06. The molecule has 0 radical (unpaired) electrons. The summed E-state index contributed by atoms with van der Waals surface area (Å²) < 4.78 is 38.6. The molecule has 1 aliphatic rings. The Bertz CT molecular complexity index is 425. The minimum absolute atomic E-state index is 0.300. The van der Waals surface area contributed by atoms with Crippen molar-refractivity contribution in [1.82, 2.24) is 0 Å². The molecule has 0 bridgehead atoms. The van der Waals surface area contributed by atoms with Gasteiger partial charge in [0.05, 0.1) is 5.56 Å². The van der Waals surface area contributed by atoms with Gasteiger partial charge in [-0.05, 0) is 42.5 Å². The molecule has 0 saturated heterocycles. The molecule has 1 saturated carbocycles. The Morgan fingerprint density at radius 2 is 1.78 bits per heavy atom. The number of halogens is 4. The largest absolute Gasteiger partial charge is 0.416 e. The molecule has 18 heavy (non-hydrogen) atoms. The van der Waals surface area contributed by atoms with Crippen LogP contribution < -0.4 is 5.73 Å². The third-order valence-electron chi connectivity index (χ3n) is 3.54. The van der Waals surface area contributed by atoms with E-state index >= 15 is 0 Å². The lowest BCUT2D eigenvalue weighted by Gasteiger charge is -2.20. The zero-order chi connectivity index (χ0) is 13.3. The number of rotatable bonds is 2. The highest BCUT2D eigenvalue weighted by Gasteiger charge is 2.32. The van der Waals surface area contributed by atoms with Gasteiger partial charge >= 0.3 is 6.18 Å². The summed E-state index contributed by atoms with van der Waals surface area (Å²) in [6.07, 6.45) is -0.0605. The van der Waals surface area contributed by atoms with Gasteiger partial charge in [-0.3, -0.25) is 0 Å². The van der Waals surface area contributed by atoms with Crippen LogP contribution in [0.2, 0.25) is 0 Å². The summed E-state index contributed by atoms with van der Waals surface area (Å²) in [7, 11) is 0. The molecular weight excluding hydrogens is 307 g/mol. The van der Waals surface area contributed by atoms with Gasteiger partial charge in [0, 0.05) is 10.5 Å². The van der Waals surface area contributed by atoms with Crippen LogP contribution in [0.5, 0.6) is 0 Å². The van der Waals surface area contributed by atoms with Crippen molar-refractivity contribution in [2.75, 3.05) is 0 Å². The maximum absolute atomic E-state index is 12.7. The van der Waals surface area contributed by atoms with Crippen LogP contribution in [0.1, 0.15) is 42.9 Å². The number of nitrogens with two attached hydrogens (primary N) is 1. The minimum Gasteiger partial charge on any atom is -0.324 e. The lowest BCUT2D eigenvalue weighted by atomic mass is 9.91. The van der Waals surface area contributed by atoms with Gasteiger partial charge in [0.25, 0.3) is 0 Å². The van der Waals surface area contributed by atoms with Crippen molar-refractivity contribution >= 4 is 15.9 Å². The number of alkyl halides is 3. The van der Waals surface area contributed by atoms with E-state index in [1.54, 1.807) is 6.07 Å². The molecule has 0 aliphatic heterocycles. The first kappa shape index (κ1) is 13.9. The highest BCUT2D eigenvalue weighted by atomic mass is 79.9. The van der Waals surface area contributed by atoms with Crippen LogP contribution >= 0.6 is 15.9 Å². The van der Waals surface area contributed by atoms with Gasteiger partial charge in [-0.2, -0.15) is 13.2 Å². The van der Waals surface area contributed by atoms with Crippen LogP contribution in [0.4, 0.5) is 13.2 Å². The van der Waals surface area contributed by atoms with E-state index in [4.69, 9.17) is 5.73 Å². The molecule has 1 aromatic rings. The summed E-state index contributed by atoms with van der Waals surface area (Å²) in [4.78, 5) is 0. The molecule has 1 aromatic carbocycles. The smallest absolute Gasteiger partial charge is 0.324 e. The first-order valence-corrected chi connectivity index (χ1v) is 6.80. The highest BCUT2D eigenvalue weighted by molar-refractivity contribution is 9.10. The van der Waals surface area contributed by atoms with Crippen molar-refractivity contribution in [1.29, 1.82) is 0 Å². The molecule has 0 heterocycles. The zero-order valence-electron chi connectivity index (χ0n) is 9.80. The second-order valence-corrected chi connectivity index (χ2v) is 5.76. The van der Waals surface area contributed by atoms with E-state index in [9.17, 15) is 13.2 Å². The molecule has 1 fully saturated rings. The summed E-state index contributed by atoms with van der Waals surface area (Å²) in [6.45, 7) is 0. The molecule has 2 N–H and O–H groups in total. The Balaban J connectivity index is 2.29. The maximum Gasteiger partial charge on any atom is 0.416 e. The first-order chi connectivity index (χ1) is 8.38. The average molecular weight is 322 g/mol. The molecule has 2 rings (SSSR count). The number of benzene rings is 1. The topological polar surface area (TPSA) is 26.0 Å². The van der Waals surface area contributed by atoms with E-state index in [2.05, 4.69) is 15.9 Å². The Morgan fingerprint density at radius 3 is 2.33 bits per heavy atom. The lowest BCUT2D eigenvalue weighted by molar-refractivity contribution is -0.137. The molecule has 0 aromatic heterocycles. The van der Waals surface area contributed by atoms with Crippen molar-refractivity contribution in [3.63, 3.8) is 0 Å². The fourth-order valence-electron chi connectivity index (χ4n) is 2.56. The van der Waals surface area contributed by atoms with Gasteiger partial charge in [-0.25, -0.2) is 0 Å². The van der Waals surface area contributed by atoms with E-state index < -0.39 is 11.7 Å². The minimum atomic E-state index is -4.33. The molecule has 1 aliphatic carbocycles. The Labute approximate surface area is 113 Å². The summed E-state index contributed by atoms with van der Waals surface area (Å²) in [5.41, 5.74) is 6.03. The van der Waals surface area contributed by atoms with Crippen LogP contribution in [-0.4, -0.2) is 0 Å². The SMILES string of the molecule is N[C@@H](c1cc(Br)cc(C(F)(F)F)c1)C1CCCC1. The monoisotopic (exact) mass is 321 g/mol. The molecule has 100 valence electrons. The Hall–Kier alpha value is -0.550. The molecule has 0 spiro atoms. The van der Waals surface area contributed by atoms with Crippen LogP contribution in [0, 0.1) is 5.92 Å². The standard InChI is InChI=1S/C13H15BrF3N/c14-11-6-9(5-10(7-11)13(15,16)17)12(18)8-3-1-2-4-8/h5-8,12H,1-4,18H2/t12-/m1/s1. The van der Waals surface area contributed by atoms with Crippen molar-refractivity contribution < 1.29 is 13.2 Å². The predicted octanol–water partition coefficient (Wildman–Crippen LogP) is 4.66. The lowest BCUT2D eigenvalue weighted by Crippen LogP contribution is -2.20. The van der Waals surface area contributed by atoms with E-state index in [1.807, 2.05) is 0 Å². The molecule has 1 nitrogen and oxygen atoms in total. The normalized spacial score (nSPS) is 19.2. The van der Waals surface area contributed by atoms with E-state index in [1.165, 1.54) is 6.07 Å². The first-order valence-electron chi connectivity index (χ1n) is 6.01. The fraction of sp³-hybridized carbons (Fsp3) is 0.538. The zero-order valence-corrected chi connectivity index (χ0v) is 11.4. The quantitative estimate of drug-likeness (QED) is 0.842.